The molecule has 0 amide bonds. The van der Waals surface area contributed by atoms with Crippen LogP contribution in [0.25, 0.3) is 11.2 Å². The number of nitrogens with zero attached hydrogens (tertiary/aromatic N) is 4. The van der Waals surface area contributed by atoms with Crippen LogP contribution in [0, 0.1) is 0 Å². The van der Waals surface area contributed by atoms with E-state index in [2.05, 4.69) is 26.8 Å². The molecule has 3 N–H and O–H groups in total. The monoisotopic (exact) mass is 346 g/mol. The van der Waals surface area contributed by atoms with Crippen molar-refractivity contribution in [1.82, 2.24) is 19.5 Å². The van der Waals surface area contributed by atoms with Crippen LogP contribution >= 0.6 is 0 Å². The lowest BCUT2D eigenvalue weighted by molar-refractivity contribution is -0.195. The molecule has 4 rings (SSSR count). The maximum absolute atomic E-state index is 6.10. The lowest BCUT2D eigenvalue weighted by Gasteiger charge is -2.24. The van der Waals surface area contributed by atoms with Crippen molar-refractivity contribution in [3.8, 4) is 0 Å². The van der Waals surface area contributed by atoms with E-state index < -0.39 is 12.0 Å². The molecular formula is C16H22N6O3. The van der Waals surface area contributed by atoms with Gasteiger partial charge < -0.3 is 25.3 Å². The Labute approximate surface area is 145 Å². The fourth-order valence-electron chi connectivity index (χ4n) is 3.41. The van der Waals surface area contributed by atoms with Crippen LogP contribution in [0.5, 0.6) is 0 Å². The molecule has 0 aliphatic carbocycles. The van der Waals surface area contributed by atoms with Crippen LogP contribution in [0.1, 0.15) is 20.1 Å². The van der Waals surface area contributed by atoms with E-state index in [4.69, 9.17) is 19.9 Å². The molecule has 134 valence electrons. The number of nitrogens with two attached hydrogens (primary N) is 1. The van der Waals surface area contributed by atoms with E-state index in [-0.39, 0.29) is 18.3 Å². The highest BCUT2D eigenvalue weighted by atomic mass is 16.8. The Morgan fingerprint density at radius 2 is 2.12 bits per heavy atom. The second-order valence-electron chi connectivity index (χ2n) is 6.58. The van der Waals surface area contributed by atoms with Crippen molar-refractivity contribution in [2.45, 2.75) is 44.2 Å². The van der Waals surface area contributed by atoms with Gasteiger partial charge >= 0.3 is 0 Å². The molecule has 0 bridgehead atoms. The van der Waals surface area contributed by atoms with Crippen molar-refractivity contribution >= 4 is 17.0 Å². The molecule has 4 atom stereocenters. The molecule has 0 aromatic carbocycles. The minimum absolute atomic E-state index is 0.220. The van der Waals surface area contributed by atoms with Crippen molar-refractivity contribution in [2.75, 3.05) is 18.4 Å². The molecule has 25 heavy (non-hydrogen) atoms. The fourth-order valence-corrected chi connectivity index (χ4v) is 3.41. The van der Waals surface area contributed by atoms with E-state index in [1.165, 1.54) is 6.33 Å². The molecule has 4 heterocycles. The Bertz CT molecular complexity index is 791. The van der Waals surface area contributed by atoms with Crippen LogP contribution in [0.4, 0.5) is 5.82 Å². The summed E-state index contributed by atoms with van der Waals surface area (Å²) in [5.41, 5.74) is 7.18. The van der Waals surface area contributed by atoms with Gasteiger partial charge in [-0.1, -0.05) is 6.08 Å². The van der Waals surface area contributed by atoms with E-state index in [1.54, 1.807) is 12.4 Å². The van der Waals surface area contributed by atoms with Crippen molar-refractivity contribution in [3.05, 3.63) is 25.3 Å². The molecule has 2 saturated heterocycles. The van der Waals surface area contributed by atoms with Gasteiger partial charge in [0.05, 0.1) is 6.33 Å². The van der Waals surface area contributed by atoms with Crippen LogP contribution < -0.4 is 11.1 Å². The first-order chi connectivity index (χ1) is 12.0. The van der Waals surface area contributed by atoms with Gasteiger partial charge in [0.15, 0.2) is 29.0 Å². The molecular weight excluding hydrogens is 324 g/mol. The third kappa shape index (κ3) is 2.69. The molecule has 9 nitrogen and oxygen atoms in total. The number of rotatable bonds is 5. The first kappa shape index (κ1) is 16.4. The highest BCUT2D eigenvalue weighted by molar-refractivity contribution is 5.82. The quantitative estimate of drug-likeness (QED) is 0.765. The zero-order valence-electron chi connectivity index (χ0n) is 14.3. The topological polar surface area (TPSA) is 109 Å². The largest absolute Gasteiger partial charge is 0.365 e. The summed E-state index contributed by atoms with van der Waals surface area (Å²) in [5.74, 6) is -0.0233. The summed E-state index contributed by atoms with van der Waals surface area (Å²) in [5, 5.41) is 3.16. The minimum atomic E-state index is -0.674. The van der Waals surface area contributed by atoms with Gasteiger partial charge in [0.1, 0.15) is 24.6 Å². The van der Waals surface area contributed by atoms with Gasteiger partial charge in [-0.05, 0) is 13.8 Å². The van der Waals surface area contributed by atoms with Crippen LogP contribution in [0.3, 0.4) is 0 Å². The lowest BCUT2D eigenvalue weighted by Crippen LogP contribution is -2.34. The lowest BCUT2D eigenvalue weighted by atomic mass is 10.1. The Hall–Kier alpha value is -2.07. The van der Waals surface area contributed by atoms with Crippen LogP contribution in [0.15, 0.2) is 25.3 Å². The summed E-state index contributed by atoms with van der Waals surface area (Å²) in [7, 11) is 0. The first-order valence-corrected chi connectivity index (χ1v) is 8.27. The average molecular weight is 346 g/mol. The molecule has 2 aliphatic rings. The fraction of sp³-hybridized carbons (Fsp3) is 0.562. The molecule has 2 fully saturated rings. The number of hydrogen-bond acceptors (Lipinski definition) is 8. The molecule has 2 aromatic rings. The smallest absolute Gasteiger partial charge is 0.167 e. The predicted octanol–water partition coefficient (Wildman–Crippen LogP) is 0.800. The number of aromatic nitrogens is 4. The number of nitrogens with one attached hydrogen (secondary N) is 1. The van der Waals surface area contributed by atoms with Gasteiger partial charge in [0.2, 0.25) is 0 Å². The van der Waals surface area contributed by atoms with Gasteiger partial charge in [-0.15, -0.1) is 6.58 Å². The van der Waals surface area contributed by atoms with E-state index >= 15 is 0 Å². The molecule has 0 radical (unpaired) electrons. The normalized spacial score (nSPS) is 30.5. The van der Waals surface area contributed by atoms with Gasteiger partial charge in [-0.25, -0.2) is 15.0 Å². The molecule has 9 heteroatoms. The zero-order chi connectivity index (χ0) is 17.6. The van der Waals surface area contributed by atoms with Gasteiger partial charge in [-0.2, -0.15) is 0 Å². The highest BCUT2D eigenvalue weighted by Crippen LogP contribution is 2.43. The van der Waals surface area contributed by atoms with Crippen LogP contribution in [0.2, 0.25) is 0 Å². The Morgan fingerprint density at radius 1 is 1.32 bits per heavy atom. The van der Waals surface area contributed by atoms with E-state index in [0.29, 0.717) is 30.1 Å². The first-order valence-electron chi connectivity index (χ1n) is 8.27. The van der Waals surface area contributed by atoms with Crippen molar-refractivity contribution in [2.24, 2.45) is 5.73 Å². The van der Waals surface area contributed by atoms with Gasteiger partial charge in [0.25, 0.3) is 0 Å². The molecule has 0 unspecified atom stereocenters. The summed E-state index contributed by atoms with van der Waals surface area (Å²) >= 11 is 0. The average Bonchev–Trinajstić information content (AvgIpc) is 3.23. The number of hydrogen-bond donors (Lipinski definition) is 2. The predicted molar refractivity (Wildman–Crippen MR) is 90.8 cm³/mol. The third-order valence-electron chi connectivity index (χ3n) is 4.40. The molecule has 2 aliphatic heterocycles. The van der Waals surface area contributed by atoms with E-state index in [0.717, 1.165) is 0 Å². The van der Waals surface area contributed by atoms with Crippen molar-refractivity contribution in [1.29, 1.82) is 0 Å². The third-order valence-corrected chi connectivity index (χ3v) is 4.40. The minimum Gasteiger partial charge on any atom is -0.365 e. The Balaban J connectivity index is 1.71. The zero-order valence-corrected chi connectivity index (χ0v) is 14.3. The highest BCUT2D eigenvalue weighted by Gasteiger charge is 2.55. The molecule has 2 aromatic heterocycles. The van der Waals surface area contributed by atoms with Gasteiger partial charge in [0, 0.05) is 13.1 Å². The molecule has 0 spiro atoms. The Kier molecular flexibility index (Phi) is 3.95. The standard InChI is InChI=1S/C16H22N6O3/c1-4-5-18-13-10-14(20-7-19-13)22(8-21-10)15-12-11(9(6-17)23-15)24-16(2,3)25-12/h4,7-9,11-12,15H,1,5-6,17H2,2-3H3,(H,18,19,20)/t9-,11-,12-,15-/m1/s1. The Morgan fingerprint density at radius 3 is 2.88 bits per heavy atom. The number of anilines is 1. The second-order valence-corrected chi connectivity index (χ2v) is 6.58. The van der Waals surface area contributed by atoms with E-state index in [1.807, 2.05) is 18.4 Å². The van der Waals surface area contributed by atoms with Crippen LogP contribution in [-0.4, -0.2) is 56.7 Å². The second kappa shape index (κ2) is 6.03. The maximum Gasteiger partial charge on any atom is 0.167 e. The van der Waals surface area contributed by atoms with Crippen LogP contribution in [-0.2, 0) is 14.2 Å². The summed E-state index contributed by atoms with van der Waals surface area (Å²) in [6.45, 7) is 8.42. The summed E-state index contributed by atoms with van der Waals surface area (Å²) < 4.78 is 20.0. The SMILES string of the molecule is C=CCNc1ncnc2c1ncn2[C@@H]1O[C@H](CN)[C@H]2OC(C)(C)O[C@H]21. The number of ether oxygens (including phenoxy) is 3. The van der Waals surface area contributed by atoms with Crippen molar-refractivity contribution < 1.29 is 14.2 Å². The maximum atomic E-state index is 6.10. The van der Waals surface area contributed by atoms with Gasteiger partial charge in [-0.3, -0.25) is 4.57 Å². The summed E-state index contributed by atoms with van der Waals surface area (Å²) in [4.78, 5) is 13.1. The summed E-state index contributed by atoms with van der Waals surface area (Å²) in [6.07, 6.45) is 3.79. The van der Waals surface area contributed by atoms with Crippen molar-refractivity contribution in [3.63, 3.8) is 0 Å². The summed E-state index contributed by atoms with van der Waals surface area (Å²) in [6, 6.07) is 0. The van der Waals surface area contributed by atoms with E-state index in [9.17, 15) is 0 Å². The number of imidazole rings is 1. The molecule has 0 saturated carbocycles. The number of fused-ring (bicyclic) bond motifs is 2.